The van der Waals surface area contributed by atoms with Crippen molar-refractivity contribution in [1.82, 2.24) is 0 Å². The molecular weight excluding hydrogens is 284 g/mol. The van der Waals surface area contributed by atoms with Crippen LogP contribution in [0, 0.1) is 0 Å². The summed E-state index contributed by atoms with van der Waals surface area (Å²) in [6, 6.07) is 0. The van der Waals surface area contributed by atoms with E-state index in [0.717, 1.165) is 0 Å². The topological polar surface area (TPSA) is 52.6 Å². The lowest BCUT2D eigenvalue weighted by Gasteiger charge is -2.38. The SMILES string of the molecule is C[C@@H]1CCC(=O)/C=C\[C@@H](O[Si](C)(C)C(C)(C)C)CC(=O)O1. The van der Waals surface area contributed by atoms with Gasteiger partial charge in [0.2, 0.25) is 0 Å². The van der Waals surface area contributed by atoms with Gasteiger partial charge in [0.1, 0.15) is 0 Å². The molecule has 0 aliphatic carbocycles. The smallest absolute Gasteiger partial charge is 0.308 e. The van der Waals surface area contributed by atoms with Crippen molar-refractivity contribution < 1.29 is 18.8 Å². The third kappa shape index (κ3) is 5.75. The van der Waals surface area contributed by atoms with Gasteiger partial charge in [0.05, 0.1) is 18.6 Å². The van der Waals surface area contributed by atoms with E-state index in [9.17, 15) is 9.59 Å². The number of ether oxygens (including phenoxy) is 1. The summed E-state index contributed by atoms with van der Waals surface area (Å²) in [6.07, 6.45) is 3.82. The summed E-state index contributed by atoms with van der Waals surface area (Å²) in [6.45, 7) is 12.5. The Bertz CT molecular complexity index is 420. The van der Waals surface area contributed by atoms with E-state index >= 15 is 0 Å². The van der Waals surface area contributed by atoms with Crippen LogP contribution in [0.5, 0.6) is 0 Å². The van der Waals surface area contributed by atoms with Gasteiger partial charge in [-0.3, -0.25) is 9.59 Å². The summed E-state index contributed by atoms with van der Waals surface area (Å²) in [5.74, 6) is -0.200. The van der Waals surface area contributed by atoms with Gasteiger partial charge < -0.3 is 9.16 Å². The van der Waals surface area contributed by atoms with Crippen LogP contribution in [0.3, 0.4) is 0 Å². The molecule has 120 valence electrons. The highest BCUT2D eigenvalue weighted by Crippen LogP contribution is 2.37. The average molecular weight is 312 g/mol. The molecule has 1 rings (SSSR count). The van der Waals surface area contributed by atoms with Gasteiger partial charge in [0.25, 0.3) is 0 Å². The molecule has 0 saturated heterocycles. The number of carbonyl (C=O) groups excluding carboxylic acids is 2. The van der Waals surface area contributed by atoms with Crippen molar-refractivity contribution in [2.45, 2.75) is 77.3 Å². The molecule has 0 aromatic rings. The lowest BCUT2D eigenvalue weighted by Crippen LogP contribution is -2.44. The molecule has 4 nitrogen and oxygen atoms in total. The first-order valence-electron chi connectivity index (χ1n) is 7.59. The predicted octanol–water partition coefficient (Wildman–Crippen LogP) is 3.62. The second-order valence-electron chi connectivity index (χ2n) is 7.29. The number of allylic oxidation sites excluding steroid dienone is 1. The van der Waals surface area contributed by atoms with Crippen molar-refractivity contribution >= 4 is 20.1 Å². The van der Waals surface area contributed by atoms with Gasteiger partial charge in [-0.05, 0) is 37.6 Å². The van der Waals surface area contributed by atoms with Gasteiger partial charge in [0.15, 0.2) is 14.1 Å². The number of carbonyl (C=O) groups is 2. The number of cyclic esters (lactones) is 1. The Kier molecular flexibility index (Phi) is 5.93. The molecule has 0 bridgehead atoms. The van der Waals surface area contributed by atoms with Crippen molar-refractivity contribution in [1.29, 1.82) is 0 Å². The van der Waals surface area contributed by atoms with Crippen LogP contribution in [0.25, 0.3) is 0 Å². The lowest BCUT2D eigenvalue weighted by atomic mass is 10.1. The summed E-state index contributed by atoms with van der Waals surface area (Å²) in [4.78, 5) is 23.7. The fraction of sp³-hybridized carbons (Fsp3) is 0.750. The van der Waals surface area contributed by atoms with E-state index in [4.69, 9.17) is 9.16 Å². The van der Waals surface area contributed by atoms with Crippen molar-refractivity contribution in [2.75, 3.05) is 0 Å². The Labute approximate surface area is 129 Å². The number of hydrogen-bond donors (Lipinski definition) is 0. The highest BCUT2D eigenvalue weighted by atomic mass is 28.4. The normalized spacial score (nSPS) is 27.1. The van der Waals surface area contributed by atoms with E-state index < -0.39 is 8.32 Å². The van der Waals surface area contributed by atoms with Crippen molar-refractivity contribution in [3.63, 3.8) is 0 Å². The molecule has 0 aromatic carbocycles. The third-order valence-electron chi connectivity index (χ3n) is 4.25. The van der Waals surface area contributed by atoms with Crippen LogP contribution in [-0.2, 0) is 18.8 Å². The Balaban J connectivity index is 2.89. The second-order valence-corrected chi connectivity index (χ2v) is 12.0. The molecule has 1 heterocycles. The Morgan fingerprint density at radius 3 is 2.48 bits per heavy atom. The van der Waals surface area contributed by atoms with Gasteiger partial charge in [-0.2, -0.15) is 0 Å². The van der Waals surface area contributed by atoms with E-state index in [0.29, 0.717) is 12.8 Å². The standard InChI is InChI=1S/C16H28O4Si/c1-12-7-8-13(17)9-10-14(11-15(18)19-12)20-21(5,6)16(2,3)4/h9-10,12,14H,7-8,11H2,1-6H3/b10-9-/t12-,14-/m1/s1. The molecule has 0 spiro atoms. The molecule has 5 heteroatoms. The number of ketones is 1. The summed E-state index contributed by atoms with van der Waals surface area (Å²) >= 11 is 0. The van der Waals surface area contributed by atoms with Crippen LogP contribution in [0.1, 0.15) is 47.0 Å². The van der Waals surface area contributed by atoms with Crippen LogP contribution in [0.15, 0.2) is 12.2 Å². The second kappa shape index (κ2) is 6.88. The first kappa shape index (κ1) is 18.1. The fourth-order valence-electron chi connectivity index (χ4n) is 1.84. The van der Waals surface area contributed by atoms with E-state index in [1.807, 2.05) is 6.92 Å². The van der Waals surface area contributed by atoms with Crippen molar-refractivity contribution in [3.05, 3.63) is 12.2 Å². The maximum atomic E-state index is 11.9. The maximum absolute atomic E-state index is 11.9. The van der Waals surface area contributed by atoms with Crippen LogP contribution in [0.4, 0.5) is 0 Å². The Morgan fingerprint density at radius 1 is 1.29 bits per heavy atom. The number of esters is 1. The molecule has 2 atom stereocenters. The number of rotatable bonds is 2. The van der Waals surface area contributed by atoms with Crippen LogP contribution < -0.4 is 0 Å². The van der Waals surface area contributed by atoms with Crippen molar-refractivity contribution in [2.24, 2.45) is 0 Å². The minimum atomic E-state index is -2.00. The number of hydrogen-bond acceptors (Lipinski definition) is 4. The fourth-order valence-corrected chi connectivity index (χ4v) is 3.12. The zero-order valence-corrected chi connectivity index (χ0v) is 15.1. The molecule has 0 amide bonds. The Morgan fingerprint density at radius 2 is 1.90 bits per heavy atom. The van der Waals surface area contributed by atoms with Crippen LogP contribution in [-0.4, -0.2) is 32.3 Å². The van der Waals surface area contributed by atoms with Gasteiger partial charge in [-0.25, -0.2) is 0 Å². The molecule has 1 aliphatic rings. The van der Waals surface area contributed by atoms with E-state index in [2.05, 4.69) is 33.9 Å². The molecular formula is C16H28O4Si. The van der Waals surface area contributed by atoms with Gasteiger partial charge >= 0.3 is 5.97 Å². The third-order valence-corrected chi connectivity index (χ3v) is 8.75. The molecule has 0 aromatic heterocycles. The molecule has 0 unspecified atom stereocenters. The molecule has 0 radical (unpaired) electrons. The van der Waals surface area contributed by atoms with E-state index in [-0.39, 0.29) is 35.4 Å². The van der Waals surface area contributed by atoms with E-state index in [1.165, 1.54) is 0 Å². The van der Waals surface area contributed by atoms with Crippen molar-refractivity contribution in [3.8, 4) is 0 Å². The molecule has 0 saturated carbocycles. The summed E-state index contributed by atoms with van der Waals surface area (Å²) < 4.78 is 11.5. The highest BCUT2D eigenvalue weighted by molar-refractivity contribution is 6.74. The minimum absolute atomic E-state index is 0.0529. The monoisotopic (exact) mass is 312 g/mol. The van der Waals surface area contributed by atoms with Gasteiger partial charge in [0, 0.05) is 6.42 Å². The zero-order chi connectivity index (χ0) is 16.3. The highest BCUT2D eigenvalue weighted by Gasteiger charge is 2.39. The van der Waals surface area contributed by atoms with Gasteiger partial charge in [-0.1, -0.05) is 26.8 Å². The quantitative estimate of drug-likeness (QED) is 0.577. The summed E-state index contributed by atoms with van der Waals surface area (Å²) in [7, 11) is -2.00. The maximum Gasteiger partial charge on any atom is 0.308 e. The first-order valence-corrected chi connectivity index (χ1v) is 10.5. The molecule has 0 fully saturated rings. The van der Waals surface area contributed by atoms with Crippen LogP contribution in [0.2, 0.25) is 18.1 Å². The van der Waals surface area contributed by atoms with E-state index in [1.54, 1.807) is 12.2 Å². The lowest BCUT2D eigenvalue weighted by molar-refractivity contribution is -0.150. The molecule has 21 heavy (non-hydrogen) atoms. The minimum Gasteiger partial charge on any atom is -0.463 e. The largest absolute Gasteiger partial charge is 0.463 e. The first-order chi connectivity index (χ1) is 9.51. The van der Waals surface area contributed by atoms with Crippen LogP contribution >= 0.6 is 0 Å². The summed E-state index contributed by atoms with van der Waals surface area (Å²) in [5.41, 5.74) is 0. The molecule has 0 N–H and O–H groups in total. The zero-order valence-electron chi connectivity index (χ0n) is 14.1. The Hall–Kier alpha value is -0.943. The average Bonchev–Trinajstić information content (AvgIpc) is 2.30. The summed E-state index contributed by atoms with van der Waals surface area (Å²) in [5, 5.41) is 0.0529. The molecule has 1 aliphatic heterocycles. The predicted molar refractivity (Wildman–Crippen MR) is 85.6 cm³/mol. The van der Waals surface area contributed by atoms with Gasteiger partial charge in [-0.15, -0.1) is 0 Å².